The van der Waals surface area contributed by atoms with Crippen molar-refractivity contribution < 1.29 is 18.0 Å². The molecule has 4 rings (SSSR count). The Kier molecular flexibility index (Phi) is 5.83. The Labute approximate surface area is 175 Å². The van der Waals surface area contributed by atoms with Gasteiger partial charge in [-0.15, -0.1) is 0 Å². The summed E-state index contributed by atoms with van der Waals surface area (Å²) in [5.74, 6) is -0.147. The summed E-state index contributed by atoms with van der Waals surface area (Å²) in [6.45, 7) is 1.17. The van der Waals surface area contributed by atoms with Gasteiger partial charge in [0.25, 0.3) is 0 Å². The number of rotatable bonds is 5. The zero-order valence-electron chi connectivity index (χ0n) is 16.5. The number of nitrogens with one attached hydrogen (secondary N) is 1. The van der Waals surface area contributed by atoms with Gasteiger partial charge in [-0.25, -0.2) is 13.4 Å². The number of pyridine rings is 1. The number of nitrogens with zero attached hydrogens (tertiary/aromatic N) is 3. The van der Waals surface area contributed by atoms with Gasteiger partial charge in [-0.05, 0) is 55.7 Å². The molecule has 3 heterocycles. The predicted octanol–water partition coefficient (Wildman–Crippen LogP) is 2.25. The number of hydrogen-bond acceptors (Lipinski definition) is 5. The molecule has 30 heavy (non-hydrogen) atoms. The van der Waals surface area contributed by atoms with Crippen molar-refractivity contribution in [2.75, 3.05) is 29.9 Å². The Balaban J connectivity index is 1.45. The molecule has 2 saturated heterocycles. The molecule has 9 heteroatoms. The standard InChI is InChI=1S/C21H24N4O4S/c26-20-7-4-14-25(20)17-8-10-18(11-9-17)30(28,29)24-13-3-5-16(15-24)21(27)23-19-6-1-2-12-22-19/h1-2,6,8-12,16H,3-5,7,13-15H2,(H,22,23,27)/t16-/m1/s1. The lowest BCUT2D eigenvalue weighted by Gasteiger charge is -2.31. The molecule has 0 unspecified atom stereocenters. The topological polar surface area (TPSA) is 99.7 Å². The molecule has 0 spiro atoms. The second-order valence-corrected chi connectivity index (χ2v) is 9.49. The normalized spacial score (nSPS) is 20.3. The number of hydrogen-bond donors (Lipinski definition) is 1. The van der Waals surface area contributed by atoms with Gasteiger partial charge in [0, 0.05) is 37.9 Å². The Hall–Kier alpha value is -2.78. The molecule has 2 fully saturated rings. The maximum Gasteiger partial charge on any atom is 0.243 e. The third-order valence-electron chi connectivity index (χ3n) is 5.53. The second-order valence-electron chi connectivity index (χ2n) is 7.55. The van der Waals surface area contributed by atoms with Crippen molar-refractivity contribution in [3.8, 4) is 0 Å². The summed E-state index contributed by atoms with van der Waals surface area (Å²) in [5.41, 5.74) is 0.711. The molecular formula is C21H24N4O4S. The lowest BCUT2D eigenvalue weighted by Crippen LogP contribution is -2.43. The first-order valence-corrected chi connectivity index (χ1v) is 11.5. The van der Waals surface area contributed by atoms with Crippen molar-refractivity contribution in [3.05, 3.63) is 48.7 Å². The van der Waals surface area contributed by atoms with Gasteiger partial charge in [0.15, 0.2) is 0 Å². The summed E-state index contributed by atoms with van der Waals surface area (Å²) < 4.78 is 27.6. The van der Waals surface area contributed by atoms with E-state index in [2.05, 4.69) is 10.3 Å². The van der Waals surface area contributed by atoms with Gasteiger partial charge in [-0.1, -0.05) is 6.07 Å². The van der Waals surface area contributed by atoms with E-state index in [1.165, 1.54) is 16.4 Å². The number of piperidine rings is 1. The summed E-state index contributed by atoms with van der Waals surface area (Å²) >= 11 is 0. The molecule has 0 aliphatic carbocycles. The summed E-state index contributed by atoms with van der Waals surface area (Å²) in [6.07, 6.45) is 4.16. The summed E-state index contributed by atoms with van der Waals surface area (Å²) in [5, 5.41) is 2.76. The van der Waals surface area contributed by atoms with Crippen molar-refractivity contribution >= 4 is 33.3 Å². The minimum Gasteiger partial charge on any atom is -0.312 e. The smallest absolute Gasteiger partial charge is 0.243 e. The van der Waals surface area contributed by atoms with E-state index in [4.69, 9.17) is 0 Å². The van der Waals surface area contributed by atoms with Crippen LogP contribution < -0.4 is 10.2 Å². The van der Waals surface area contributed by atoms with Crippen LogP contribution in [-0.2, 0) is 19.6 Å². The van der Waals surface area contributed by atoms with Crippen LogP contribution in [0, 0.1) is 5.92 Å². The van der Waals surface area contributed by atoms with Gasteiger partial charge < -0.3 is 10.2 Å². The fraction of sp³-hybridized carbons (Fsp3) is 0.381. The number of carbonyl (C=O) groups is 2. The van der Waals surface area contributed by atoms with Crippen molar-refractivity contribution in [2.45, 2.75) is 30.6 Å². The highest BCUT2D eigenvalue weighted by atomic mass is 32.2. The molecule has 1 aromatic heterocycles. The van der Waals surface area contributed by atoms with Gasteiger partial charge in [-0.3, -0.25) is 9.59 Å². The van der Waals surface area contributed by atoms with Crippen molar-refractivity contribution in [1.82, 2.24) is 9.29 Å². The molecule has 0 saturated carbocycles. The number of anilines is 2. The zero-order valence-corrected chi connectivity index (χ0v) is 17.3. The summed E-state index contributed by atoms with van der Waals surface area (Å²) in [6, 6.07) is 11.6. The highest BCUT2D eigenvalue weighted by Gasteiger charge is 2.33. The van der Waals surface area contributed by atoms with Gasteiger partial charge in [0.2, 0.25) is 21.8 Å². The Morgan fingerprint density at radius 1 is 1.07 bits per heavy atom. The van der Waals surface area contributed by atoms with Crippen molar-refractivity contribution in [2.24, 2.45) is 5.92 Å². The predicted molar refractivity (Wildman–Crippen MR) is 112 cm³/mol. The van der Waals surface area contributed by atoms with E-state index in [-0.39, 0.29) is 23.3 Å². The van der Waals surface area contributed by atoms with Crippen LogP contribution in [-0.4, -0.2) is 49.2 Å². The second kappa shape index (κ2) is 8.53. The van der Waals surface area contributed by atoms with Gasteiger partial charge in [-0.2, -0.15) is 4.31 Å². The van der Waals surface area contributed by atoms with Crippen LogP contribution in [0.15, 0.2) is 53.6 Å². The fourth-order valence-electron chi connectivity index (χ4n) is 3.91. The van der Waals surface area contributed by atoms with E-state index >= 15 is 0 Å². The Morgan fingerprint density at radius 2 is 1.87 bits per heavy atom. The molecule has 2 aromatic rings. The highest BCUT2D eigenvalue weighted by molar-refractivity contribution is 7.89. The van der Waals surface area contributed by atoms with E-state index in [1.54, 1.807) is 41.4 Å². The molecule has 1 aromatic carbocycles. The van der Waals surface area contributed by atoms with E-state index in [1.807, 2.05) is 0 Å². The Bertz CT molecular complexity index is 1020. The minimum absolute atomic E-state index is 0.0587. The lowest BCUT2D eigenvalue weighted by atomic mass is 9.99. The van der Waals surface area contributed by atoms with Crippen LogP contribution >= 0.6 is 0 Å². The molecule has 1 N–H and O–H groups in total. The first-order valence-electron chi connectivity index (χ1n) is 10.1. The average molecular weight is 429 g/mol. The van der Waals surface area contributed by atoms with Gasteiger partial charge in [0.05, 0.1) is 10.8 Å². The van der Waals surface area contributed by atoms with Crippen LogP contribution in [0.4, 0.5) is 11.5 Å². The van der Waals surface area contributed by atoms with Crippen LogP contribution in [0.25, 0.3) is 0 Å². The highest BCUT2D eigenvalue weighted by Crippen LogP contribution is 2.27. The number of aromatic nitrogens is 1. The van der Waals surface area contributed by atoms with Crippen LogP contribution in [0.3, 0.4) is 0 Å². The van der Waals surface area contributed by atoms with Crippen molar-refractivity contribution in [3.63, 3.8) is 0 Å². The fourth-order valence-corrected chi connectivity index (χ4v) is 5.43. The maximum absolute atomic E-state index is 13.1. The number of benzene rings is 1. The largest absolute Gasteiger partial charge is 0.312 e. The molecule has 0 radical (unpaired) electrons. The van der Waals surface area contributed by atoms with E-state index in [9.17, 15) is 18.0 Å². The van der Waals surface area contributed by atoms with Gasteiger partial charge >= 0.3 is 0 Å². The zero-order chi connectivity index (χ0) is 21.1. The minimum atomic E-state index is -3.72. The SMILES string of the molecule is O=C(Nc1ccccn1)[C@@H]1CCCN(S(=O)(=O)c2ccc(N3CCCC3=O)cc2)C1. The van der Waals surface area contributed by atoms with E-state index in [0.717, 1.165) is 6.42 Å². The number of amides is 2. The summed E-state index contributed by atoms with van der Waals surface area (Å²) in [4.78, 5) is 30.4. The summed E-state index contributed by atoms with van der Waals surface area (Å²) in [7, 11) is -3.72. The quantitative estimate of drug-likeness (QED) is 0.787. The monoisotopic (exact) mass is 428 g/mol. The van der Waals surface area contributed by atoms with Crippen LogP contribution in [0.2, 0.25) is 0 Å². The molecule has 2 aliphatic rings. The van der Waals surface area contributed by atoms with E-state index in [0.29, 0.717) is 43.9 Å². The third kappa shape index (κ3) is 4.22. The average Bonchev–Trinajstić information content (AvgIpc) is 3.20. The van der Waals surface area contributed by atoms with Crippen molar-refractivity contribution in [1.29, 1.82) is 0 Å². The van der Waals surface area contributed by atoms with E-state index < -0.39 is 15.9 Å². The molecular weight excluding hydrogens is 404 g/mol. The molecule has 1 atom stereocenters. The lowest BCUT2D eigenvalue weighted by molar-refractivity contribution is -0.121. The number of sulfonamides is 1. The molecule has 8 nitrogen and oxygen atoms in total. The molecule has 2 amide bonds. The first kappa shape index (κ1) is 20.5. The Morgan fingerprint density at radius 3 is 2.53 bits per heavy atom. The van der Waals surface area contributed by atoms with Crippen LogP contribution in [0.1, 0.15) is 25.7 Å². The van der Waals surface area contributed by atoms with Crippen LogP contribution in [0.5, 0.6) is 0 Å². The maximum atomic E-state index is 13.1. The van der Waals surface area contributed by atoms with Gasteiger partial charge in [0.1, 0.15) is 5.82 Å². The number of carbonyl (C=O) groups excluding carboxylic acids is 2. The molecule has 0 bridgehead atoms. The molecule has 2 aliphatic heterocycles. The first-order chi connectivity index (χ1) is 14.4. The third-order valence-corrected chi connectivity index (χ3v) is 7.41. The molecule has 158 valence electrons.